The van der Waals surface area contributed by atoms with Crippen LogP contribution in [0.1, 0.15) is 124 Å². The molecule has 0 bridgehead atoms. The van der Waals surface area contributed by atoms with Gasteiger partial charge in [0.25, 0.3) is 5.91 Å². The Hall–Kier alpha value is -5.39. The van der Waals surface area contributed by atoms with Gasteiger partial charge in [0.05, 0.1) is 82.4 Å². The molecule has 0 aliphatic carbocycles. The van der Waals surface area contributed by atoms with Crippen LogP contribution in [0.4, 0.5) is 8.78 Å². The number of methoxy groups -OCH3 is 1. The second-order valence-electron chi connectivity index (χ2n) is 28.2. The number of hydrogen-bond donors (Lipinski definition) is 18. The molecular formula is C68H117F2N7O30. The first-order valence-corrected chi connectivity index (χ1v) is 35.2. The number of rotatable bonds is 25. The lowest BCUT2D eigenvalue weighted by molar-refractivity contribution is -0.305. The van der Waals surface area contributed by atoms with Gasteiger partial charge in [0.2, 0.25) is 17.7 Å². The Bertz CT molecular complexity index is 2920. The minimum atomic E-state index is -3.65. The molecule has 6 heterocycles. The number of hydrogen-bond acceptors (Lipinski definition) is 32. The van der Waals surface area contributed by atoms with Crippen LogP contribution in [0.2, 0.25) is 0 Å². The van der Waals surface area contributed by atoms with E-state index in [1.54, 1.807) is 80.3 Å². The lowest BCUT2D eigenvalue weighted by Crippen LogP contribution is -2.66. The van der Waals surface area contributed by atoms with E-state index in [2.05, 4.69) is 26.3 Å². The summed E-state index contributed by atoms with van der Waals surface area (Å²) in [4.78, 5) is 56.7. The lowest BCUT2D eigenvalue weighted by atomic mass is 9.87. The SMILES string of the molecule is CC(=O)N[C@H]1C(OC(C)C)O[C@H](CO)[C@H](O)[C@@H]1O.CC(=O)N[C@H]1C(OC(C)C)O[C@H](CO)[C@H](O)[C@@H]1O.CC(C)OC1O[C@H](CO)[C@H](O)[C@H](O)[C@H]1NC(=O)C(C)(F)F.CCC(=O)N[C@H]1C(OC(C)C)O[C@H](CO)[C@H](O)[C@@H]1O.COc1cccc(-c2cn(C[C@H]3OC(OC(C)(C)C)[C@H](CC(C)=O)[C@@H](O)[C@H]3O)nn2)c1. The lowest BCUT2D eigenvalue weighted by Gasteiger charge is -2.44. The smallest absolute Gasteiger partial charge is 0.321 e. The van der Waals surface area contributed by atoms with Crippen LogP contribution in [0.5, 0.6) is 5.75 Å². The van der Waals surface area contributed by atoms with Gasteiger partial charge in [-0.05, 0) is 95.2 Å². The second kappa shape index (κ2) is 44.6. The number of carbonyl (C=O) groups is 5. The fourth-order valence-corrected chi connectivity index (χ4v) is 11.2. The van der Waals surface area contributed by atoms with Gasteiger partial charge in [0.15, 0.2) is 31.5 Å². The van der Waals surface area contributed by atoms with Crippen LogP contribution in [0.25, 0.3) is 11.3 Å². The molecule has 25 atom stereocenters. The van der Waals surface area contributed by atoms with Crippen molar-refractivity contribution in [3.63, 3.8) is 0 Å². The number of Topliss-reactive ketones (excluding diaryl/α,β-unsaturated/α-hetero) is 1. The molecule has 5 saturated heterocycles. The molecule has 0 saturated carbocycles. The fourth-order valence-electron chi connectivity index (χ4n) is 11.2. The average Bonchev–Trinajstić information content (AvgIpc) is 1.40. The summed E-state index contributed by atoms with van der Waals surface area (Å²) >= 11 is 0. The number of nitrogens with one attached hydrogen (secondary N) is 4. The third kappa shape index (κ3) is 30.0. The molecule has 0 radical (unpaired) electrons. The molecule has 7 rings (SSSR count). The molecule has 107 heavy (non-hydrogen) atoms. The van der Waals surface area contributed by atoms with Crippen molar-refractivity contribution in [2.75, 3.05) is 33.5 Å². The van der Waals surface area contributed by atoms with Crippen LogP contribution in [0.3, 0.4) is 0 Å². The monoisotopic (exact) mass is 1550 g/mol. The first-order valence-electron chi connectivity index (χ1n) is 35.2. The molecule has 5 fully saturated rings. The molecule has 37 nitrogen and oxygen atoms in total. The number of carbonyl (C=O) groups excluding carboxylic acids is 5. The molecule has 5 unspecified atom stereocenters. The van der Waals surface area contributed by atoms with E-state index < -0.39 is 203 Å². The largest absolute Gasteiger partial charge is 0.497 e. The standard InChI is InChI=1S/C22H31N3O6.C12H21F2NO6.C12H23NO6.2C11H21NO6/c1-13(26)9-16-19(27)20(28)18(30-21(16)31-22(2,3)4)12-25-11-17(23-24-25)14-7-6-8-15(10-14)29-5;1-5(2)20-10-7(15-11(19)12(3,13)14)9(18)8(17)6(4-16)21-10;1-4-8(15)13-9-11(17)10(16)7(5-14)19-12(9)18-6(2)3;2*1-5(2)17-11-8(12-6(3)14)10(16)9(15)7(4-13)18-11/h6-8,10-11,16,18-21,27-28H,9,12H2,1-5H3;5-10,16-18H,4H2,1-3H3,(H,15,19);6-7,9-12,14,16-17H,4-5H2,1-3H3,(H,13,15);2*5,7-11,13,15-16H,4H2,1-3H3,(H,12,14)/t16-,18-,19-,20+,21?;6-,7-,8+,9-,10?;7-,9-,10+,11-,12?;2*7-,8-,9+,10-,11?/m11111/s1. The highest BCUT2D eigenvalue weighted by Gasteiger charge is 2.52. The molecule has 0 spiro atoms. The number of halogens is 2. The maximum Gasteiger partial charge on any atom is 0.321 e. The minimum absolute atomic E-state index is 0.0506. The Morgan fingerprint density at radius 2 is 0.879 bits per heavy atom. The summed E-state index contributed by atoms with van der Waals surface area (Å²) in [5.74, 6) is -6.35. The number of alkyl halides is 2. The van der Waals surface area contributed by atoms with Gasteiger partial charge in [0.1, 0.15) is 127 Å². The third-order valence-corrected chi connectivity index (χ3v) is 16.3. The maximum atomic E-state index is 12.9. The van der Waals surface area contributed by atoms with Crippen LogP contribution in [0.15, 0.2) is 30.5 Å². The van der Waals surface area contributed by atoms with Gasteiger partial charge in [-0.1, -0.05) is 24.3 Å². The van der Waals surface area contributed by atoms with Gasteiger partial charge < -0.3 is 150 Å². The summed E-state index contributed by atoms with van der Waals surface area (Å²) < 4.78 is 87.6. The average molecular weight is 1550 g/mol. The summed E-state index contributed by atoms with van der Waals surface area (Å²) in [6.45, 7) is 23.9. The molecule has 618 valence electrons. The van der Waals surface area contributed by atoms with Crippen LogP contribution in [0, 0.1) is 5.92 Å². The number of benzene rings is 1. The molecule has 2 aromatic rings. The van der Waals surface area contributed by atoms with Crippen molar-refractivity contribution in [2.45, 2.75) is 313 Å². The molecule has 18 N–H and O–H groups in total. The van der Waals surface area contributed by atoms with Gasteiger partial charge >= 0.3 is 5.92 Å². The molecule has 4 amide bonds. The molecule has 39 heteroatoms. The van der Waals surface area contributed by atoms with Gasteiger partial charge in [-0.25, -0.2) is 4.68 Å². The van der Waals surface area contributed by atoms with E-state index in [1.807, 2.05) is 50.4 Å². The van der Waals surface area contributed by atoms with E-state index in [0.717, 1.165) is 5.56 Å². The highest BCUT2D eigenvalue weighted by Crippen LogP contribution is 2.34. The zero-order chi connectivity index (χ0) is 81.4. The molecule has 5 aliphatic rings. The van der Waals surface area contributed by atoms with Gasteiger partial charge in [0, 0.05) is 45.1 Å². The normalized spacial score (nSPS) is 33.0. The molecular weight excluding hydrogens is 1430 g/mol. The van der Waals surface area contributed by atoms with E-state index in [0.29, 0.717) is 18.4 Å². The fraction of sp³-hybridized carbons (Fsp3) is 0.809. The van der Waals surface area contributed by atoms with Crippen molar-refractivity contribution in [2.24, 2.45) is 5.92 Å². The van der Waals surface area contributed by atoms with Gasteiger partial charge in [-0.15, -0.1) is 5.10 Å². The van der Waals surface area contributed by atoms with E-state index in [-0.39, 0.29) is 61.2 Å². The van der Waals surface area contributed by atoms with E-state index in [4.69, 9.17) is 72.5 Å². The Balaban J connectivity index is 0.000000354. The Morgan fingerprint density at radius 1 is 0.523 bits per heavy atom. The van der Waals surface area contributed by atoms with Gasteiger partial charge in [-0.3, -0.25) is 19.2 Å². The van der Waals surface area contributed by atoms with Crippen LogP contribution in [-0.4, -0.2) is 333 Å². The minimum Gasteiger partial charge on any atom is -0.497 e. The van der Waals surface area contributed by atoms with E-state index in [9.17, 15) is 83.8 Å². The highest BCUT2D eigenvalue weighted by molar-refractivity contribution is 5.83. The van der Waals surface area contributed by atoms with Crippen molar-refractivity contribution < 1.29 is 156 Å². The summed E-state index contributed by atoms with van der Waals surface area (Å²) in [6.07, 6.45) is -21.7. The number of aliphatic hydroxyl groups excluding tert-OH is 14. The quantitative estimate of drug-likeness (QED) is 0.0454. The summed E-state index contributed by atoms with van der Waals surface area (Å²) in [5, 5.41) is 154. The van der Waals surface area contributed by atoms with Gasteiger partial charge in [-0.2, -0.15) is 8.78 Å². The third-order valence-electron chi connectivity index (χ3n) is 16.3. The Morgan fingerprint density at radius 3 is 1.20 bits per heavy atom. The summed E-state index contributed by atoms with van der Waals surface area (Å²) in [6, 6.07) is 3.45. The number of aliphatic hydroxyl groups is 14. The number of nitrogens with zero attached hydrogens (tertiary/aromatic N) is 3. The predicted molar refractivity (Wildman–Crippen MR) is 368 cm³/mol. The molecule has 5 aliphatic heterocycles. The molecule has 1 aromatic heterocycles. The second-order valence-corrected chi connectivity index (χ2v) is 28.2. The van der Waals surface area contributed by atoms with Crippen LogP contribution >= 0.6 is 0 Å². The van der Waals surface area contributed by atoms with E-state index >= 15 is 0 Å². The topological polar surface area (TPSA) is 549 Å². The zero-order valence-corrected chi connectivity index (χ0v) is 63.5. The first kappa shape index (κ1) is 95.8. The number of ether oxygens (including phenoxy) is 11. The van der Waals surface area contributed by atoms with E-state index in [1.165, 1.54) is 20.8 Å². The number of amides is 4. The molecule has 1 aromatic carbocycles. The van der Waals surface area contributed by atoms with Crippen molar-refractivity contribution in [1.82, 2.24) is 36.3 Å². The number of aromatic nitrogens is 3. The summed E-state index contributed by atoms with van der Waals surface area (Å²) in [5.41, 5.74) is 0.923. The van der Waals surface area contributed by atoms with Crippen molar-refractivity contribution >= 4 is 29.4 Å². The highest BCUT2D eigenvalue weighted by atomic mass is 19.3. The van der Waals surface area contributed by atoms with Crippen LogP contribution < -0.4 is 26.0 Å². The first-order chi connectivity index (χ1) is 49.8. The van der Waals surface area contributed by atoms with Crippen molar-refractivity contribution in [3.8, 4) is 17.0 Å². The van der Waals surface area contributed by atoms with Crippen molar-refractivity contribution in [1.29, 1.82) is 0 Å². The Labute approximate surface area is 620 Å². The Kier molecular flexibility index (Phi) is 39.9. The predicted octanol–water partition coefficient (Wildman–Crippen LogP) is -3.74. The maximum absolute atomic E-state index is 12.9. The number of ketones is 1. The zero-order valence-electron chi connectivity index (χ0n) is 63.5. The van der Waals surface area contributed by atoms with Crippen LogP contribution in [-0.2, 0) is 77.9 Å². The summed E-state index contributed by atoms with van der Waals surface area (Å²) in [7, 11) is 1.60. The van der Waals surface area contributed by atoms with Crippen molar-refractivity contribution in [3.05, 3.63) is 30.5 Å².